The highest BCUT2D eigenvalue weighted by Gasteiger charge is 2.22. The molecule has 0 unspecified atom stereocenters. The Bertz CT molecular complexity index is 397. The van der Waals surface area contributed by atoms with Crippen LogP contribution in [-0.4, -0.2) is 47.9 Å². The number of amides is 3. The van der Waals surface area contributed by atoms with Crippen LogP contribution >= 0.6 is 11.3 Å². The Morgan fingerprint density at radius 3 is 2.41 bits per heavy atom. The standard InChI is InChI=1S/C11H15N3O2S/c1-9(15)13-4-6-14(7-5-13)11(16)12-10-3-2-8-17-10/h2-3,8H,4-7H2,1H3,(H,12,16). The summed E-state index contributed by atoms with van der Waals surface area (Å²) in [5.41, 5.74) is 0. The van der Waals surface area contributed by atoms with Gasteiger partial charge in [0.2, 0.25) is 5.91 Å². The van der Waals surface area contributed by atoms with Gasteiger partial charge in [0, 0.05) is 33.1 Å². The van der Waals surface area contributed by atoms with Crippen LogP contribution in [0.4, 0.5) is 9.80 Å². The highest BCUT2D eigenvalue weighted by Crippen LogP contribution is 2.16. The molecule has 1 aromatic heterocycles. The largest absolute Gasteiger partial charge is 0.339 e. The molecule has 5 nitrogen and oxygen atoms in total. The molecular weight excluding hydrogens is 238 g/mol. The molecule has 17 heavy (non-hydrogen) atoms. The molecule has 2 heterocycles. The first-order chi connectivity index (χ1) is 8.16. The first kappa shape index (κ1) is 11.9. The van der Waals surface area contributed by atoms with Crippen molar-refractivity contribution in [1.29, 1.82) is 0 Å². The smallest absolute Gasteiger partial charge is 0.322 e. The van der Waals surface area contributed by atoms with Crippen LogP contribution in [0.5, 0.6) is 0 Å². The summed E-state index contributed by atoms with van der Waals surface area (Å²) in [6.45, 7) is 3.98. The molecule has 0 aliphatic carbocycles. The second-order valence-electron chi connectivity index (χ2n) is 3.90. The van der Waals surface area contributed by atoms with Crippen molar-refractivity contribution in [3.8, 4) is 0 Å². The summed E-state index contributed by atoms with van der Waals surface area (Å²) in [4.78, 5) is 26.5. The molecule has 0 saturated carbocycles. The molecule has 92 valence electrons. The van der Waals surface area contributed by atoms with E-state index in [1.54, 1.807) is 16.7 Å². The molecule has 1 saturated heterocycles. The van der Waals surface area contributed by atoms with E-state index in [0.29, 0.717) is 26.2 Å². The normalized spacial score (nSPS) is 15.8. The van der Waals surface area contributed by atoms with Crippen molar-refractivity contribution < 1.29 is 9.59 Å². The van der Waals surface area contributed by atoms with Crippen LogP contribution in [0.1, 0.15) is 6.92 Å². The zero-order valence-corrected chi connectivity index (χ0v) is 10.5. The van der Waals surface area contributed by atoms with Gasteiger partial charge in [-0.05, 0) is 17.5 Å². The predicted octanol–water partition coefficient (Wildman–Crippen LogP) is 1.44. The van der Waals surface area contributed by atoms with Gasteiger partial charge in [-0.15, -0.1) is 11.3 Å². The van der Waals surface area contributed by atoms with E-state index < -0.39 is 0 Å². The minimum atomic E-state index is -0.0874. The van der Waals surface area contributed by atoms with Gasteiger partial charge >= 0.3 is 6.03 Å². The average Bonchev–Trinajstić information content (AvgIpc) is 2.82. The molecule has 1 aliphatic heterocycles. The maximum atomic E-state index is 11.9. The minimum absolute atomic E-state index is 0.0725. The number of anilines is 1. The fourth-order valence-corrected chi connectivity index (χ4v) is 2.37. The van der Waals surface area contributed by atoms with Crippen LogP contribution in [0.25, 0.3) is 0 Å². The Hall–Kier alpha value is -1.56. The average molecular weight is 253 g/mol. The first-order valence-electron chi connectivity index (χ1n) is 5.52. The third-order valence-electron chi connectivity index (χ3n) is 2.76. The van der Waals surface area contributed by atoms with Crippen molar-refractivity contribution in [3.63, 3.8) is 0 Å². The van der Waals surface area contributed by atoms with E-state index in [9.17, 15) is 9.59 Å². The summed E-state index contributed by atoms with van der Waals surface area (Å²) >= 11 is 1.50. The number of urea groups is 1. The molecule has 6 heteroatoms. The molecule has 1 fully saturated rings. The topological polar surface area (TPSA) is 52.7 Å². The summed E-state index contributed by atoms with van der Waals surface area (Å²) in [5.74, 6) is 0.0725. The van der Waals surface area contributed by atoms with Crippen molar-refractivity contribution in [2.75, 3.05) is 31.5 Å². The molecule has 3 amide bonds. The SMILES string of the molecule is CC(=O)N1CCN(C(=O)Nc2cccs2)CC1. The Balaban J connectivity index is 1.84. The minimum Gasteiger partial charge on any atom is -0.339 e. The lowest BCUT2D eigenvalue weighted by molar-refractivity contribution is -0.130. The summed E-state index contributed by atoms with van der Waals surface area (Å²) in [6, 6.07) is 3.68. The third-order valence-corrected chi connectivity index (χ3v) is 3.55. The number of hydrogen-bond acceptors (Lipinski definition) is 3. The van der Waals surface area contributed by atoms with Gasteiger partial charge in [0.1, 0.15) is 0 Å². The van der Waals surface area contributed by atoms with Gasteiger partial charge in [-0.3, -0.25) is 10.1 Å². The maximum absolute atomic E-state index is 11.9. The van der Waals surface area contributed by atoms with E-state index >= 15 is 0 Å². The number of hydrogen-bond donors (Lipinski definition) is 1. The van der Waals surface area contributed by atoms with E-state index in [-0.39, 0.29) is 11.9 Å². The molecule has 0 atom stereocenters. The number of thiophene rings is 1. The van der Waals surface area contributed by atoms with E-state index in [1.807, 2.05) is 17.5 Å². The molecule has 1 aliphatic rings. The van der Waals surface area contributed by atoms with Gasteiger partial charge in [0.15, 0.2) is 0 Å². The second-order valence-corrected chi connectivity index (χ2v) is 4.85. The van der Waals surface area contributed by atoms with Gasteiger partial charge in [0.05, 0.1) is 5.00 Å². The molecule has 0 aromatic carbocycles. The Morgan fingerprint density at radius 1 is 1.24 bits per heavy atom. The Morgan fingerprint density at radius 2 is 1.88 bits per heavy atom. The number of nitrogens with one attached hydrogen (secondary N) is 1. The molecule has 0 bridgehead atoms. The van der Waals surface area contributed by atoms with Crippen molar-refractivity contribution in [2.45, 2.75) is 6.92 Å². The lowest BCUT2D eigenvalue weighted by Gasteiger charge is -2.34. The fourth-order valence-electron chi connectivity index (χ4n) is 1.76. The molecular formula is C11H15N3O2S. The molecule has 2 rings (SSSR count). The van der Waals surface area contributed by atoms with E-state index in [1.165, 1.54) is 11.3 Å². The third kappa shape index (κ3) is 2.97. The lowest BCUT2D eigenvalue weighted by atomic mass is 10.3. The van der Waals surface area contributed by atoms with Crippen LogP contribution in [0.3, 0.4) is 0 Å². The van der Waals surface area contributed by atoms with Crippen molar-refractivity contribution in [1.82, 2.24) is 9.80 Å². The van der Waals surface area contributed by atoms with Gasteiger partial charge in [-0.1, -0.05) is 0 Å². The van der Waals surface area contributed by atoms with E-state index in [2.05, 4.69) is 5.32 Å². The van der Waals surface area contributed by atoms with Crippen LogP contribution in [0.15, 0.2) is 17.5 Å². The Labute approximate surface area is 104 Å². The fraction of sp³-hybridized carbons (Fsp3) is 0.455. The molecule has 0 radical (unpaired) electrons. The molecule has 0 spiro atoms. The summed E-state index contributed by atoms with van der Waals surface area (Å²) in [6.07, 6.45) is 0. The van der Waals surface area contributed by atoms with Gasteiger partial charge in [-0.25, -0.2) is 4.79 Å². The van der Waals surface area contributed by atoms with E-state index in [0.717, 1.165) is 5.00 Å². The van der Waals surface area contributed by atoms with Crippen LogP contribution in [0.2, 0.25) is 0 Å². The van der Waals surface area contributed by atoms with E-state index in [4.69, 9.17) is 0 Å². The lowest BCUT2D eigenvalue weighted by Crippen LogP contribution is -2.51. The summed E-state index contributed by atoms with van der Waals surface area (Å²) in [5, 5.41) is 5.61. The predicted molar refractivity (Wildman–Crippen MR) is 67.2 cm³/mol. The zero-order chi connectivity index (χ0) is 12.3. The van der Waals surface area contributed by atoms with Crippen molar-refractivity contribution in [2.24, 2.45) is 0 Å². The number of rotatable bonds is 1. The highest BCUT2D eigenvalue weighted by atomic mass is 32.1. The highest BCUT2D eigenvalue weighted by molar-refractivity contribution is 7.14. The number of piperazine rings is 1. The van der Waals surface area contributed by atoms with Crippen LogP contribution in [0, 0.1) is 0 Å². The molecule has 1 aromatic rings. The number of carbonyl (C=O) groups is 2. The monoisotopic (exact) mass is 253 g/mol. The number of carbonyl (C=O) groups excluding carboxylic acids is 2. The summed E-state index contributed by atoms with van der Waals surface area (Å²) in [7, 11) is 0. The first-order valence-corrected chi connectivity index (χ1v) is 6.40. The van der Waals surface area contributed by atoms with Gasteiger partial charge < -0.3 is 9.80 Å². The Kier molecular flexibility index (Phi) is 3.63. The van der Waals surface area contributed by atoms with Gasteiger partial charge in [0.25, 0.3) is 0 Å². The van der Waals surface area contributed by atoms with Crippen LogP contribution in [-0.2, 0) is 4.79 Å². The second kappa shape index (κ2) is 5.18. The zero-order valence-electron chi connectivity index (χ0n) is 9.68. The summed E-state index contributed by atoms with van der Waals surface area (Å²) < 4.78 is 0. The van der Waals surface area contributed by atoms with Crippen molar-refractivity contribution >= 4 is 28.3 Å². The van der Waals surface area contributed by atoms with Gasteiger partial charge in [-0.2, -0.15) is 0 Å². The maximum Gasteiger partial charge on any atom is 0.322 e. The quantitative estimate of drug-likeness (QED) is 0.823. The van der Waals surface area contributed by atoms with Crippen LogP contribution < -0.4 is 5.32 Å². The molecule has 1 N–H and O–H groups in total. The van der Waals surface area contributed by atoms with Crippen molar-refractivity contribution in [3.05, 3.63) is 17.5 Å². The number of nitrogens with zero attached hydrogens (tertiary/aromatic N) is 2.